The number of carbonyl (C=O) groups excluding carboxylic acids is 1. The highest BCUT2D eigenvalue weighted by Crippen LogP contribution is 2.27. The lowest BCUT2D eigenvalue weighted by Crippen LogP contribution is -2.16. The summed E-state index contributed by atoms with van der Waals surface area (Å²) >= 11 is 6.25. The lowest BCUT2D eigenvalue weighted by atomic mass is 9.99. The molecule has 0 unspecified atom stereocenters. The topological polar surface area (TPSA) is 42.0 Å². The van der Waals surface area contributed by atoms with E-state index >= 15 is 0 Å². The maximum Gasteiger partial charge on any atom is 0.256 e. The van der Waals surface area contributed by atoms with Crippen LogP contribution >= 0.6 is 11.6 Å². The van der Waals surface area contributed by atoms with Crippen LogP contribution in [0.2, 0.25) is 5.02 Å². The molecule has 0 saturated heterocycles. The van der Waals surface area contributed by atoms with Crippen LogP contribution in [-0.2, 0) is 6.42 Å². The van der Waals surface area contributed by atoms with Gasteiger partial charge in [0.2, 0.25) is 0 Å². The summed E-state index contributed by atoms with van der Waals surface area (Å²) in [6.45, 7) is 5.96. The monoisotopic (exact) mass is 338 g/mol. The number of nitrogens with one attached hydrogen (secondary N) is 1. The van der Waals surface area contributed by atoms with Crippen molar-refractivity contribution in [3.05, 3.63) is 69.9 Å². The molecule has 1 heterocycles. The first-order valence-electron chi connectivity index (χ1n) is 7.97. The number of hydrogen-bond acceptors (Lipinski definition) is 2. The Bertz CT molecular complexity index is 934. The zero-order chi connectivity index (χ0) is 17.3. The van der Waals surface area contributed by atoms with Crippen LogP contribution in [0.1, 0.15) is 34.1 Å². The molecule has 3 nitrogen and oxygen atoms in total. The maximum absolute atomic E-state index is 13.0. The summed E-state index contributed by atoms with van der Waals surface area (Å²) in [6.07, 6.45) is 0.780. The standard InChI is InChI=1S/C20H19ClN2O/c1-4-16-13(3)19(14-7-5-6-8-17(14)22-16)20(24)23-18-10-9-12(2)11-15(18)21/h5-11H,4H2,1-3H3,(H,23,24). The minimum atomic E-state index is -0.161. The molecule has 1 aromatic heterocycles. The molecule has 0 atom stereocenters. The highest BCUT2D eigenvalue weighted by molar-refractivity contribution is 6.34. The largest absolute Gasteiger partial charge is 0.321 e. The Balaban J connectivity index is 2.10. The van der Waals surface area contributed by atoms with Gasteiger partial charge in [-0.1, -0.05) is 42.8 Å². The van der Waals surface area contributed by atoms with Crippen molar-refractivity contribution in [2.24, 2.45) is 0 Å². The number of anilines is 1. The maximum atomic E-state index is 13.0. The summed E-state index contributed by atoms with van der Waals surface area (Å²) in [4.78, 5) is 17.6. The molecule has 0 aliphatic rings. The van der Waals surface area contributed by atoms with Crippen LogP contribution in [0.3, 0.4) is 0 Å². The van der Waals surface area contributed by atoms with Crippen molar-refractivity contribution >= 4 is 34.1 Å². The number of aryl methyl sites for hydroxylation is 2. The number of nitrogens with zero attached hydrogens (tertiary/aromatic N) is 1. The second-order valence-corrected chi connectivity index (χ2v) is 6.27. The van der Waals surface area contributed by atoms with Gasteiger partial charge in [-0.3, -0.25) is 9.78 Å². The summed E-state index contributed by atoms with van der Waals surface area (Å²) < 4.78 is 0. The number of carbonyl (C=O) groups is 1. The quantitative estimate of drug-likeness (QED) is 0.702. The van der Waals surface area contributed by atoms with E-state index in [1.54, 1.807) is 0 Å². The normalized spacial score (nSPS) is 10.8. The number of amides is 1. The Morgan fingerprint density at radius 1 is 1.17 bits per heavy atom. The molecule has 0 bridgehead atoms. The molecule has 3 rings (SSSR count). The highest BCUT2D eigenvalue weighted by atomic mass is 35.5. The molecule has 4 heteroatoms. The van der Waals surface area contributed by atoms with Gasteiger partial charge in [-0.25, -0.2) is 0 Å². The lowest BCUT2D eigenvalue weighted by Gasteiger charge is -2.14. The van der Waals surface area contributed by atoms with Gasteiger partial charge in [0, 0.05) is 11.1 Å². The van der Waals surface area contributed by atoms with Gasteiger partial charge >= 0.3 is 0 Å². The number of halogens is 1. The van der Waals surface area contributed by atoms with Gasteiger partial charge in [-0.2, -0.15) is 0 Å². The molecule has 0 fully saturated rings. The minimum Gasteiger partial charge on any atom is -0.321 e. The fourth-order valence-electron chi connectivity index (χ4n) is 2.90. The summed E-state index contributed by atoms with van der Waals surface area (Å²) in [6, 6.07) is 13.3. The predicted molar refractivity (Wildman–Crippen MR) is 100 cm³/mol. The second kappa shape index (κ2) is 6.62. The molecule has 0 saturated carbocycles. The van der Waals surface area contributed by atoms with Crippen molar-refractivity contribution in [1.29, 1.82) is 0 Å². The Kier molecular flexibility index (Phi) is 4.54. The van der Waals surface area contributed by atoms with E-state index in [9.17, 15) is 4.79 Å². The van der Waals surface area contributed by atoms with Crippen LogP contribution in [-0.4, -0.2) is 10.9 Å². The van der Waals surface area contributed by atoms with Gasteiger partial charge in [0.25, 0.3) is 5.91 Å². The molecule has 3 aromatic rings. The van der Waals surface area contributed by atoms with Crippen molar-refractivity contribution < 1.29 is 4.79 Å². The van der Waals surface area contributed by atoms with E-state index in [0.29, 0.717) is 16.3 Å². The highest BCUT2D eigenvalue weighted by Gasteiger charge is 2.18. The van der Waals surface area contributed by atoms with Crippen molar-refractivity contribution in [3.8, 4) is 0 Å². The fraction of sp³-hybridized carbons (Fsp3) is 0.200. The van der Waals surface area contributed by atoms with Crippen LogP contribution in [0, 0.1) is 13.8 Å². The van der Waals surface area contributed by atoms with Crippen molar-refractivity contribution in [3.63, 3.8) is 0 Å². The Morgan fingerprint density at radius 2 is 1.92 bits per heavy atom. The van der Waals surface area contributed by atoms with Gasteiger partial charge in [0.15, 0.2) is 0 Å². The summed E-state index contributed by atoms with van der Waals surface area (Å²) in [5.41, 5.74) is 5.02. The van der Waals surface area contributed by atoms with Crippen molar-refractivity contribution in [1.82, 2.24) is 4.98 Å². The van der Waals surface area contributed by atoms with Gasteiger partial charge in [0.1, 0.15) is 0 Å². The van der Waals surface area contributed by atoms with E-state index in [1.807, 2.05) is 63.2 Å². The van der Waals surface area contributed by atoms with Gasteiger partial charge in [-0.05, 0) is 49.6 Å². The van der Waals surface area contributed by atoms with Crippen LogP contribution in [0.5, 0.6) is 0 Å². The average molecular weight is 339 g/mol. The predicted octanol–water partition coefficient (Wildman–Crippen LogP) is 5.32. The first kappa shape index (κ1) is 16.5. The Labute approximate surface area is 146 Å². The number of pyridine rings is 1. The molecule has 1 N–H and O–H groups in total. The van der Waals surface area contributed by atoms with E-state index in [4.69, 9.17) is 11.6 Å². The molecular formula is C20H19ClN2O. The van der Waals surface area contributed by atoms with Gasteiger partial charge < -0.3 is 5.32 Å². The number of hydrogen-bond donors (Lipinski definition) is 1. The molecule has 2 aromatic carbocycles. The van der Waals surface area contributed by atoms with Crippen molar-refractivity contribution in [2.75, 3.05) is 5.32 Å². The third-order valence-corrected chi connectivity index (χ3v) is 4.48. The third kappa shape index (κ3) is 3.00. The smallest absolute Gasteiger partial charge is 0.256 e. The third-order valence-electron chi connectivity index (χ3n) is 4.17. The van der Waals surface area contributed by atoms with Crippen LogP contribution in [0.4, 0.5) is 5.69 Å². The molecule has 0 aliphatic carbocycles. The van der Waals surface area contributed by atoms with E-state index in [0.717, 1.165) is 34.1 Å². The SMILES string of the molecule is CCc1nc2ccccc2c(C(=O)Nc2ccc(C)cc2Cl)c1C. The van der Waals surface area contributed by atoms with Crippen LogP contribution in [0.25, 0.3) is 10.9 Å². The van der Waals surface area contributed by atoms with Gasteiger partial charge in [-0.15, -0.1) is 0 Å². The summed E-state index contributed by atoms with van der Waals surface area (Å²) in [5, 5.41) is 4.33. The van der Waals surface area contributed by atoms with Crippen LogP contribution in [0.15, 0.2) is 42.5 Å². The number of aromatic nitrogens is 1. The number of benzene rings is 2. The molecule has 0 aliphatic heterocycles. The molecular weight excluding hydrogens is 320 g/mol. The van der Waals surface area contributed by atoms with Crippen LogP contribution < -0.4 is 5.32 Å². The Morgan fingerprint density at radius 3 is 2.62 bits per heavy atom. The van der Waals surface area contributed by atoms with E-state index < -0.39 is 0 Å². The zero-order valence-electron chi connectivity index (χ0n) is 14.0. The first-order valence-corrected chi connectivity index (χ1v) is 8.34. The molecule has 24 heavy (non-hydrogen) atoms. The average Bonchev–Trinajstić information content (AvgIpc) is 2.56. The molecule has 0 spiro atoms. The number of para-hydroxylation sites is 1. The lowest BCUT2D eigenvalue weighted by molar-refractivity contribution is 0.102. The van der Waals surface area contributed by atoms with E-state index in [2.05, 4.69) is 10.3 Å². The second-order valence-electron chi connectivity index (χ2n) is 5.87. The fourth-order valence-corrected chi connectivity index (χ4v) is 3.18. The Hall–Kier alpha value is -2.39. The number of fused-ring (bicyclic) bond motifs is 1. The molecule has 122 valence electrons. The molecule has 1 amide bonds. The molecule has 0 radical (unpaired) electrons. The summed E-state index contributed by atoms with van der Waals surface area (Å²) in [5.74, 6) is -0.161. The van der Waals surface area contributed by atoms with E-state index in [-0.39, 0.29) is 5.91 Å². The first-order chi connectivity index (χ1) is 11.5. The summed E-state index contributed by atoms with van der Waals surface area (Å²) in [7, 11) is 0. The van der Waals surface area contributed by atoms with E-state index in [1.165, 1.54) is 0 Å². The van der Waals surface area contributed by atoms with Crippen molar-refractivity contribution in [2.45, 2.75) is 27.2 Å². The van der Waals surface area contributed by atoms with Gasteiger partial charge in [0.05, 0.1) is 21.8 Å². The zero-order valence-corrected chi connectivity index (χ0v) is 14.7. The minimum absolute atomic E-state index is 0.161. The number of rotatable bonds is 3.